The third-order valence-corrected chi connectivity index (χ3v) is 4.09. The highest BCUT2D eigenvalue weighted by Crippen LogP contribution is 2.08. The molecule has 1 fully saturated rings. The van der Waals surface area contributed by atoms with E-state index in [4.69, 9.17) is 0 Å². The summed E-state index contributed by atoms with van der Waals surface area (Å²) in [7, 11) is -2.85. The summed E-state index contributed by atoms with van der Waals surface area (Å²) >= 11 is 0. The summed E-state index contributed by atoms with van der Waals surface area (Å²) < 4.78 is 22.3. The first kappa shape index (κ1) is 10.9. The lowest BCUT2D eigenvalue weighted by atomic mass is 10.3. The maximum absolute atomic E-state index is 11.1. The van der Waals surface area contributed by atoms with Crippen molar-refractivity contribution in [3.63, 3.8) is 0 Å². The van der Waals surface area contributed by atoms with E-state index in [9.17, 15) is 13.5 Å². The van der Waals surface area contributed by atoms with Crippen molar-refractivity contribution in [3.05, 3.63) is 0 Å². The van der Waals surface area contributed by atoms with E-state index in [1.807, 2.05) is 4.90 Å². The van der Waals surface area contributed by atoms with Crippen LogP contribution in [0.4, 0.5) is 0 Å². The van der Waals surface area contributed by atoms with Gasteiger partial charge in [-0.2, -0.15) is 0 Å². The zero-order chi connectivity index (χ0) is 9.90. The quantitative estimate of drug-likeness (QED) is 0.674. The van der Waals surface area contributed by atoms with Gasteiger partial charge < -0.3 is 5.11 Å². The second-order valence-electron chi connectivity index (χ2n) is 3.48. The van der Waals surface area contributed by atoms with Gasteiger partial charge in [0, 0.05) is 25.4 Å². The molecule has 0 saturated carbocycles. The van der Waals surface area contributed by atoms with Crippen molar-refractivity contribution in [2.24, 2.45) is 0 Å². The first-order chi connectivity index (χ1) is 6.03. The maximum atomic E-state index is 11.1. The lowest BCUT2D eigenvalue weighted by molar-refractivity contribution is 0.178. The number of β-amino-alcohol motifs (C(OH)–C–C–N with tert-alkyl or cyclic N) is 1. The molecular formula is C8H17NO3S. The highest BCUT2D eigenvalue weighted by molar-refractivity contribution is 7.91. The van der Waals surface area contributed by atoms with E-state index >= 15 is 0 Å². The van der Waals surface area contributed by atoms with E-state index < -0.39 is 9.84 Å². The van der Waals surface area contributed by atoms with Gasteiger partial charge in [0.15, 0.2) is 9.84 Å². The van der Waals surface area contributed by atoms with E-state index in [2.05, 4.69) is 0 Å². The number of nitrogens with zero attached hydrogens (tertiary/aromatic N) is 1. The van der Waals surface area contributed by atoms with Gasteiger partial charge >= 0.3 is 0 Å². The van der Waals surface area contributed by atoms with Gasteiger partial charge in [-0.1, -0.05) is 6.92 Å². The Labute approximate surface area is 79.5 Å². The lowest BCUT2D eigenvalue weighted by Gasteiger charge is -2.13. The summed E-state index contributed by atoms with van der Waals surface area (Å²) in [6, 6.07) is 0. The minimum Gasteiger partial charge on any atom is -0.392 e. The average molecular weight is 207 g/mol. The van der Waals surface area contributed by atoms with Crippen molar-refractivity contribution < 1.29 is 13.5 Å². The molecule has 1 aliphatic heterocycles. The zero-order valence-electron chi connectivity index (χ0n) is 7.94. The Balaban J connectivity index is 2.27. The topological polar surface area (TPSA) is 57.6 Å². The van der Waals surface area contributed by atoms with Crippen LogP contribution < -0.4 is 0 Å². The Bertz CT molecular complexity index is 250. The van der Waals surface area contributed by atoms with Crippen LogP contribution in [-0.2, 0) is 9.84 Å². The molecule has 1 heterocycles. The first-order valence-corrected chi connectivity index (χ1v) is 6.46. The fraction of sp³-hybridized carbons (Fsp3) is 1.00. The molecule has 0 aromatic rings. The van der Waals surface area contributed by atoms with E-state index in [0.717, 1.165) is 13.0 Å². The van der Waals surface area contributed by atoms with Crippen LogP contribution in [0.2, 0.25) is 0 Å². The Hall–Kier alpha value is -0.130. The minimum absolute atomic E-state index is 0.212. The van der Waals surface area contributed by atoms with Crippen molar-refractivity contribution in [1.29, 1.82) is 0 Å². The summed E-state index contributed by atoms with van der Waals surface area (Å²) in [6.07, 6.45) is 0.510. The fourth-order valence-electron chi connectivity index (χ4n) is 1.43. The van der Waals surface area contributed by atoms with Crippen molar-refractivity contribution in [2.75, 3.05) is 31.1 Å². The molecule has 1 rings (SSSR count). The van der Waals surface area contributed by atoms with E-state index in [0.29, 0.717) is 13.1 Å². The molecule has 78 valence electrons. The molecule has 0 spiro atoms. The molecular weight excluding hydrogens is 190 g/mol. The molecule has 4 nitrogen and oxygen atoms in total. The lowest BCUT2D eigenvalue weighted by Crippen LogP contribution is -2.28. The summed E-state index contributed by atoms with van der Waals surface area (Å²) in [5.74, 6) is 0.430. The molecule has 0 aromatic heterocycles. The van der Waals surface area contributed by atoms with Crippen LogP contribution >= 0.6 is 0 Å². The van der Waals surface area contributed by atoms with Gasteiger partial charge in [0.05, 0.1) is 11.9 Å². The fourth-order valence-corrected chi connectivity index (χ4v) is 2.25. The number of likely N-dealkylation sites (tertiary alicyclic amines) is 1. The molecule has 1 aliphatic rings. The molecule has 1 saturated heterocycles. The highest BCUT2D eigenvalue weighted by Gasteiger charge is 2.21. The van der Waals surface area contributed by atoms with Crippen molar-refractivity contribution >= 4 is 9.84 Å². The third-order valence-electron chi connectivity index (χ3n) is 2.41. The number of hydrogen-bond acceptors (Lipinski definition) is 4. The Morgan fingerprint density at radius 1 is 1.54 bits per heavy atom. The second kappa shape index (κ2) is 4.39. The average Bonchev–Trinajstić information content (AvgIpc) is 2.48. The van der Waals surface area contributed by atoms with Gasteiger partial charge in [-0.05, 0) is 6.42 Å². The van der Waals surface area contributed by atoms with Gasteiger partial charge in [-0.25, -0.2) is 8.42 Å². The van der Waals surface area contributed by atoms with Crippen LogP contribution in [0.1, 0.15) is 13.3 Å². The second-order valence-corrected chi connectivity index (χ2v) is 5.95. The van der Waals surface area contributed by atoms with Crippen molar-refractivity contribution in [1.82, 2.24) is 4.90 Å². The Morgan fingerprint density at radius 2 is 2.23 bits per heavy atom. The van der Waals surface area contributed by atoms with E-state index in [-0.39, 0.29) is 17.6 Å². The third kappa shape index (κ3) is 3.62. The van der Waals surface area contributed by atoms with Gasteiger partial charge in [0.25, 0.3) is 0 Å². The monoisotopic (exact) mass is 207 g/mol. The molecule has 0 radical (unpaired) electrons. The van der Waals surface area contributed by atoms with Gasteiger partial charge in [-0.3, -0.25) is 4.90 Å². The van der Waals surface area contributed by atoms with Crippen LogP contribution in [-0.4, -0.2) is 55.7 Å². The summed E-state index contributed by atoms with van der Waals surface area (Å²) in [6.45, 7) is 3.67. The largest absolute Gasteiger partial charge is 0.392 e. The van der Waals surface area contributed by atoms with Crippen LogP contribution in [0.15, 0.2) is 0 Å². The molecule has 1 unspecified atom stereocenters. The van der Waals surface area contributed by atoms with Gasteiger partial charge in [0.2, 0.25) is 0 Å². The van der Waals surface area contributed by atoms with E-state index in [1.54, 1.807) is 6.92 Å². The molecule has 13 heavy (non-hydrogen) atoms. The van der Waals surface area contributed by atoms with Gasteiger partial charge in [0.1, 0.15) is 0 Å². The standard InChI is InChI=1S/C8H17NO3S/c1-2-13(11,12)6-5-9-4-3-8(10)7-9/h8,10H,2-7H2,1H3. The number of sulfone groups is 1. The van der Waals surface area contributed by atoms with E-state index in [1.165, 1.54) is 0 Å². The SMILES string of the molecule is CCS(=O)(=O)CCN1CCC(O)C1. The Kier molecular flexibility index (Phi) is 3.70. The van der Waals surface area contributed by atoms with Crippen LogP contribution in [0, 0.1) is 0 Å². The summed E-state index contributed by atoms with van der Waals surface area (Å²) in [4.78, 5) is 2.00. The van der Waals surface area contributed by atoms with Gasteiger partial charge in [-0.15, -0.1) is 0 Å². The van der Waals surface area contributed by atoms with Crippen LogP contribution in [0.25, 0.3) is 0 Å². The molecule has 1 N–H and O–H groups in total. The Morgan fingerprint density at radius 3 is 2.69 bits per heavy atom. The van der Waals surface area contributed by atoms with Crippen molar-refractivity contribution in [3.8, 4) is 0 Å². The minimum atomic E-state index is -2.85. The molecule has 0 bridgehead atoms. The van der Waals surface area contributed by atoms with Crippen molar-refractivity contribution in [2.45, 2.75) is 19.4 Å². The predicted octanol–water partition coefficient (Wildman–Crippen LogP) is -0.512. The smallest absolute Gasteiger partial charge is 0.151 e. The maximum Gasteiger partial charge on any atom is 0.151 e. The molecule has 0 aromatic carbocycles. The summed E-state index contributed by atoms with van der Waals surface area (Å²) in [5.41, 5.74) is 0. The molecule has 5 heteroatoms. The molecule has 0 aliphatic carbocycles. The molecule has 0 amide bonds. The number of aliphatic hydroxyl groups is 1. The number of rotatable bonds is 4. The highest BCUT2D eigenvalue weighted by atomic mass is 32.2. The van der Waals surface area contributed by atoms with Crippen LogP contribution in [0.5, 0.6) is 0 Å². The molecule has 1 atom stereocenters. The predicted molar refractivity (Wildman–Crippen MR) is 51.4 cm³/mol. The first-order valence-electron chi connectivity index (χ1n) is 4.64. The number of aliphatic hydroxyl groups excluding tert-OH is 1. The normalized spacial score (nSPS) is 25.2. The zero-order valence-corrected chi connectivity index (χ0v) is 8.76. The number of hydrogen-bond donors (Lipinski definition) is 1. The van der Waals surface area contributed by atoms with Crippen LogP contribution in [0.3, 0.4) is 0 Å². The summed E-state index contributed by atoms with van der Waals surface area (Å²) in [5, 5.41) is 9.20.